The van der Waals surface area contributed by atoms with Gasteiger partial charge in [-0.1, -0.05) is 19.3 Å². The van der Waals surface area contributed by atoms with E-state index >= 15 is 0 Å². The van der Waals surface area contributed by atoms with Gasteiger partial charge >= 0.3 is 0 Å². The highest BCUT2D eigenvalue weighted by Crippen LogP contribution is 2.11. The van der Waals surface area contributed by atoms with Crippen LogP contribution in [0.1, 0.15) is 39.0 Å². The predicted octanol–water partition coefficient (Wildman–Crippen LogP) is 1.07. The molecule has 2 rings (SSSR count). The van der Waals surface area contributed by atoms with Gasteiger partial charge in [0, 0.05) is 38.8 Å². The highest BCUT2D eigenvalue weighted by Gasteiger charge is 2.21. The van der Waals surface area contributed by atoms with Crippen LogP contribution >= 0.6 is 0 Å². The second kappa shape index (κ2) is 7.10. The Balaban J connectivity index is 1.78. The Morgan fingerprint density at radius 3 is 2.44 bits per heavy atom. The summed E-state index contributed by atoms with van der Waals surface area (Å²) in [5.41, 5.74) is 0. The molecule has 2 aliphatic rings. The van der Waals surface area contributed by atoms with Gasteiger partial charge < -0.3 is 10.2 Å². The lowest BCUT2D eigenvalue weighted by Gasteiger charge is -2.33. The minimum Gasteiger partial charge on any atom is -0.342 e. The molecule has 0 aromatic carbocycles. The van der Waals surface area contributed by atoms with Crippen molar-refractivity contribution in [3.8, 4) is 0 Å². The fraction of sp³-hybridized carbons (Fsp3) is 0.929. The average molecular weight is 253 g/mol. The van der Waals surface area contributed by atoms with E-state index in [1.807, 2.05) is 0 Å². The third kappa shape index (κ3) is 4.25. The number of hydrogen-bond acceptors (Lipinski definition) is 3. The summed E-state index contributed by atoms with van der Waals surface area (Å²) in [5.74, 6) is 0.339. The zero-order valence-electron chi connectivity index (χ0n) is 11.7. The fourth-order valence-electron chi connectivity index (χ4n) is 2.94. The minimum absolute atomic E-state index is 0.339. The Labute approximate surface area is 111 Å². The smallest absolute Gasteiger partial charge is 0.236 e. The predicted molar refractivity (Wildman–Crippen MR) is 73.6 cm³/mol. The van der Waals surface area contributed by atoms with Gasteiger partial charge in [-0.2, -0.15) is 0 Å². The van der Waals surface area contributed by atoms with E-state index in [1.165, 1.54) is 32.1 Å². The Kier molecular flexibility index (Phi) is 5.45. The van der Waals surface area contributed by atoms with Crippen molar-refractivity contribution in [2.75, 3.05) is 39.3 Å². The van der Waals surface area contributed by atoms with Crippen molar-refractivity contribution in [3.05, 3.63) is 0 Å². The lowest BCUT2D eigenvalue weighted by Crippen LogP contribution is -2.52. The standard InChI is InChI=1S/C14H27N3O/c1-13-11-16(10-7-15-13)12-14(18)17-8-5-3-2-4-6-9-17/h13,15H,2-12H2,1H3. The Bertz CT molecular complexity index is 262. The Hall–Kier alpha value is -0.610. The zero-order chi connectivity index (χ0) is 12.8. The molecule has 0 aromatic rings. The first-order valence-electron chi connectivity index (χ1n) is 7.49. The molecule has 0 saturated carbocycles. The molecule has 4 nitrogen and oxygen atoms in total. The van der Waals surface area contributed by atoms with Crippen LogP contribution in [-0.2, 0) is 4.79 Å². The molecule has 1 unspecified atom stereocenters. The minimum atomic E-state index is 0.339. The molecule has 0 bridgehead atoms. The topological polar surface area (TPSA) is 35.6 Å². The summed E-state index contributed by atoms with van der Waals surface area (Å²) in [4.78, 5) is 16.7. The molecule has 18 heavy (non-hydrogen) atoms. The molecular formula is C14H27N3O. The molecule has 2 fully saturated rings. The van der Waals surface area contributed by atoms with Crippen molar-refractivity contribution in [2.24, 2.45) is 0 Å². The van der Waals surface area contributed by atoms with E-state index < -0.39 is 0 Å². The number of hydrogen-bond donors (Lipinski definition) is 1. The van der Waals surface area contributed by atoms with Gasteiger partial charge in [0.25, 0.3) is 0 Å². The highest BCUT2D eigenvalue weighted by molar-refractivity contribution is 5.78. The van der Waals surface area contributed by atoms with Crippen LogP contribution in [0.2, 0.25) is 0 Å². The summed E-state index contributed by atoms with van der Waals surface area (Å²) in [5, 5.41) is 3.42. The van der Waals surface area contributed by atoms with E-state index in [0.717, 1.165) is 32.7 Å². The fourth-order valence-corrected chi connectivity index (χ4v) is 2.94. The second-order valence-electron chi connectivity index (χ2n) is 5.74. The number of likely N-dealkylation sites (tertiary alicyclic amines) is 1. The first kappa shape index (κ1) is 13.8. The van der Waals surface area contributed by atoms with Crippen LogP contribution in [0.5, 0.6) is 0 Å². The molecule has 0 aromatic heterocycles. The van der Waals surface area contributed by atoms with Crippen LogP contribution in [0.15, 0.2) is 0 Å². The van der Waals surface area contributed by atoms with E-state index in [0.29, 0.717) is 18.5 Å². The normalized spacial score (nSPS) is 27.6. The monoisotopic (exact) mass is 253 g/mol. The van der Waals surface area contributed by atoms with Gasteiger partial charge in [-0.3, -0.25) is 9.69 Å². The number of nitrogens with one attached hydrogen (secondary N) is 1. The largest absolute Gasteiger partial charge is 0.342 e. The van der Waals surface area contributed by atoms with Gasteiger partial charge in [-0.15, -0.1) is 0 Å². The van der Waals surface area contributed by atoms with Crippen LogP contribution in [0.3, 0.4) is 0 Å². The van der Waals surface area contributed by atoms with E-state index in [9.17, 15) is 4.79 Å². The maximum atomic E-state index is 12.3. The number of nitrogens with zero attached hydrogens (tertiary/aromatic N) is 2. The van der Waals surface area contributed by atoms with Crippen LogP contribution in [0.25, 0.3) is 0 Å². The maximum Gasteiger partial charge on any atom is 0.236 e. The molecule has 1 atom stereocenters. The molecular weight excluding hydrogens is 226 g/mol. The number of piperazine rings is 1. The quantitative estimate of drug-likeness (QED) is 0.800. The van der Waals surface area contributed by atoms with Crippen molar-refractivity contribution >= 4 is 5.91 Å². The molecule has 1 amide bonds. The zero-order valence-corrected chi connectivity index (χ0v) is 11.7. The molecule has 4 heteroatoms. The Morgan fingerprint density at radius 1 is 1.11 bits per heavy atom. The summed E-state index contributed by atoms with van der Waals surface area (Å²) in [6, 6.07) is 0.513. The maximum absolute atomic E-state index is 12.3. The van der Waals surface area contributed by atoms with E-state index in [1.54, 1.807) is 0 Å². The lowest BCUT2D eigenvalue weighted by atomic mass is 10.1. The summed E-state index contributed by atoms with van der Waals surface area (Å²) >= 11 is 0. The summed E-state index contributed by atoms with van der Waals surface area (Å²) in [6.07, 6.45) is 6.29. The van der Waals surface area contributed by atoms with Crippen molar-refractivity contribution in [1.82, 2.24) is 15.1 Å². The molecule has 0 radical (unpaired) electrons. The highest BCUT2D eigenvalue weighted by atomic mass is 16.2. The van der Waals surface area contributed by atoms with Crippen LogP contribution < -0.4 is 5.32 Å². The van der Waals surface area contributed by atoms with Gasteiger partial charge in [-0.05, 0) is 19.8 Å². The van der Waals surface area contributed by atoms with Gasteiger partial charge in [0.2, 0.25) is 5.91 Å². The van der Waals surface area contributed by atoms with Crippen molar-refractivity contribution in [2.45, 2.75) is 45.1 Å². The van der Waals surface area contributed by atoms with Gasteiger partial charge in [-0.25, -0.2) is 0 Å². The number of carbonyl (C=O) groups excluding carboxylic acids is 1. The van der Waals surface area contributed by atoms with Crippen molar-refractivity contribution in [3.63, 3.8) is 0 Å². The van der Waals surface area contributed by atoms with E-state index in [-0.39, 0.29) is 0 Å². The molecule has 2 saturated heterocycles. The van der Waals surface area contributed by atoms with Gasteiger partial charge in [0.15, 0.2) is 0 Å². The first-order chi connectivity index (χ1) is 8.75. The summed E-state index contributed by atoms with van der Waals surface area (Å²) in [7, 11) is 0. The van der Waals surface area contributed by atoms with E-state index in [4.69, 9.17) is 0 Å². The van der Waals surface area contributed by atoms with Crippen LogP contribution in [0.4, 0.5) is 0 Å². The third-order valence-corrected chi connectivity index (χ3v) is 4.02. The molecule has 0 aliphatic carbocycles. The van der Waals surface area contributed by atoms with Gasteiger partial charge in [0.05, 0.1) is 6.54 Å². The molecule has 1 N–H and O–H groups in total. The van der Waals surface area contributed by atoms with Crippen molar-refractivity contribution < 1.29 is 4.79 Å². The summed E-state index contributed by atoms with van der Waals surface area (Å²) < 4.78 is 0. The van der Waals surface area contributed by atoms with Crippen LogP contribution in [0, 0.1) is 0 Å². The van der Waals surface area contributed by atoms with Crippen molar-refractivity contribution in [1.29, 1.82) is 0 Å². The Morgan fingerprint density at radius 2 is 1.78 bits per heavy atom. The average Bonchev–Trinajstić information content (AvgIpc) is 2.28. The SMILES string of the molecule is CC1CN(CC(=O)N2CCCCCCC2)CCN1. The third-order valence-electron chi connectivity index (χ3n) is 4.02. The first-order valence-corrected chi connectivity index (χ1v) is 7.49. The number of carbonyl (C=O) groups is 1. The van der Waals surface area contributed by atoms with Crippen LogP contribution in [-0.4, -0.2) is 61.0 Å². The summed E-state index contributed by atoms with van der Waals surface area (Å²) in [6.45, 7) is 7.76. The second-order valence-corrected chi connectivity index (χ2v) is 5.74. The number of amides is 1. The molecule has 2 heterocycles. The number of rotatable bonds is 2. The van der Waals surface area contributed by atoms with Gasteiger partial charge in [0.1, 0.15) is 0 Å². The molecule has 2 aliphatic heterocycles. The van der Waals surface area contributed by atoms with E-state index in [2.05, 4.69) is 22.0 Å². The molecule has 104 valence electrons. The lowest BCUT2D eigenvalue weighted by molar-refractivity contribution is -0.133. The molecule has 0 spiro atoms.